The fraction of sp³-hybridized carbons (Fsp3) is 0.318. The van der Waals surface area contributed by atoms with E-state index in [2.05, 4.69) is 32.7 Å². The first kappa shape index (κ1) is 20.9. The van der Waals surface area contributed by atoms with Gasteiger partial charge in [-0.05, 0) is 37.1 Å². The highest BCUT2D eigenvalue weighted by atomic mass is 16.4. The van der Waals surface area contributed by atoms with Crippen LogP contribution in [0.5, 0.6) is 0 Å². The van der Waals surface area contributed by atoms with Crippen LogP contribution in [-0.2, 0) is 4.79 Å². The predicted octanol–water partition coefficient (Wildman–Crippen LogP) is 2.52. The summed E-state index contributed by atoms with van der Waals surface area (Å²) >= 11 is 0. The molecule has 0 spiro atoms. The Labute approximate surface area is 184 Å². The summed E-state index contributed by atoms with van der Waals surface area (Å²) in [5.41, 5.74) is 0.669. The highest BCUT2D eigenvalue weighted by Crippen LogP contribution is 2.31. The van der Waals surface area contributed by atoms with Crippen molar-refractivity contribution in [3.05, 3.63) is 48.0 Å². The molecule has 1 aliphatic rings. The Bertz CT molecular complexity index is 1150. The van der Waals surface area contributed by atoms with Gasteiger partial charge in [0.05, 0.1) is 11.8 Å². The van der Waals surface area contributed by atoms with E-state index in [0.29, 0.717) is 62.0 Å². The minimum absolute atomic E-state index is 0.0117. The fourth-order valence-electron chi connectivity index (χ4n) is 3.60. The number of carbonyl (C=O) groups is 1. The number of hydrogen-bond donors (Lipinski definition) is 2. The second kappa shape index (κ2) is 9.67. The number of rotatable bonds is 7. The zero-order valence-corrected chi connectivity index (χ0v) is 17.2. The zero-order chi connectivity index (χ0) is 22.3. The first-order valence-electron chi connectivity index (χ1n) is 10.3. The second-order valence-electron chi connectivity index (χ2n) is 7.25. The minimum atomic E-state index is -0.117. The van der Waals surface area contributed by atoms with E-state index in [1.807, 2.05) is 4.90 Å². The van der Waals surface area contributed by atoms with Gasteiger partial charge in [-0.2, -0.15) is 15.5 Å². The maximum atomic E-state index is 12.5. The summed E-state index contributed by atoms with van der Waals surface area (Å²) in [7, 11) is 0. The minimum Gasteiger partial charge on any atom is -0.459 e. The largest absolute Gasteiger partial charge is 0.459 e. The average Bonchev–Trinajstić information content (AvgIpc) is 3.52. The third-order valence-electron chi connectivity index (χ3n) is 5.24. The summed E-state index contributed by atoms with van der Waals surface area (Å²) in [6.07, 6.45) is 4.41. The molecule has 3 aromatic rings. The lowest BCUT2D eigenvalue weighted by molar-refractivity contribution is -0.125. The van der Waals surface area contributed by atoms with E-state index in [1.54, 1.807) is 30.5 Å². The van der Waals surface area contributed by atoms with Crippen LogP contribution in [0.2, 0.25) is 0 Å². The number of amides is 1. The first-order valence-corrected chi connectivity index (χ1v) is 10.3. The van der Waals surface area contributed by atoms with Crippen molar-refractivity contribution in [3.8, 4) is 23.8 Å². The molecular weight excluding hydrogens is 410 g/mol. The summed E-state index contributed by atoms with van der Waals surface area (Å²) in [5, 5.41) is 24.5. The molecule has 0 bridgehead atoms. The zero-order valence-electron chi connectivity index (χ0n) is 17.2. The molecule has 0 aliphatic carbocycles. The van der Waals surface area contributed by atoms with Gasteiger partial charge in [-0.15, -0.1) is 0 Å². The molecule has 1 amide bonds. The van der Waals surface area contributed by atoms with Crippen molar-refractivity contribution in [2.45, 2.75) is 12.8 Å². The Balaban J connectivity index is 1.26. The molecule has 10 heteroatoms. The molecule has 162 valence electrons. The number of carbonyl (C=O) groups excluding carboxylic acids is 1. The molecule has 1 saturated heterocycles. The van der Waals surface area contributed by atoms with E-state index in [0.717, 1.165) is 0 Å². The van der Waals surface area contributed by atoms with Crippen molar-refractivity contribution in [1.82, 2.24) is 15.3 Å². The molecule has 32 heavy (non-hydrogen) atoms. The lowest BCUT2D eigenvalue weighted by Gasteiger charge is -2.31. The monoisotopic (exact) mass is 431 g/mol. The van der Waals surface area contributed by atoms with Crippen molar-refractivity contribution < 1.29 is 13.6 Å². The molecule has 0 atom stereocenters. The molecule has 0 saturated carbocycles. The van der Waals surface area contributed by atoms with E-state index in [1.165, 1.54) is 6.26 Å². The molecule has 4 heterocycles. The lowest BCUT2D eigenvalue weighted by Crippen LogP contribution is -2.41. The number of anilines is 2. The fourth-order valence-corrected chi connectivity index (χ4v) is 3.60. The molecule has 0 aromatic carbocycles. The van der Waals surface area contributed by atoms with Crippen LogP contribution in [-0.4, -0.2) is 42.1 Å². The van der Waals surface area contributed by atoms with Crippen LogP contribution in [0.1, 0.15) is 24.1 Å². The maximum Gasteiger partial charge on any atom is 0.266 e. The molecule has 4 rings (SSSR count). The van der Waals surface area contributed by atoms with Gasteiger partial charge in [0.25, 0.3) is 5.89 Å². The van der Waals surface area contributed by atoms with Gasteiger partial charge in [-0.1, -0.05) is 0 Å². The SMILES string of the molecule is N#Cc1cccnc1NCCNC(=O)C1CCN(c2oc(-c3ccco3)nc2C#N)CC1. The van der Waals surface area contributed by atoms with E-state index in [9.17, 15) is 10.1 Å². The Morgan fingerprint density at radius 2 is 2.03 bits per heavy atom. The number of hydrogen-bond acceptors (Lipinski definition) is 9. The van der Waals surface area contributed by atoms with Crippen molar-refractivity contribution in [3.63, 3.8) is 0 Å². The van der Waals surface area contributed by atoms with E-state index >= 15 is 0 Å². The third kappa shape index (κ3) is 4.55. The summed E-state index contributed by atoms with van der Waals surface area (Å²) in [4.78, 5) is 22.8. The normalized spacial score (nSPS) is 13.9. The van der Waals surface area contributed by atoms with Crippen LogP contribution in [0.15, 0.2) is 45.6 Å². The number of nitrogens with one attached hydrogen (secondary N) is 2. The Morgan fingerprint density at radius 1 is 1.19 bits per heavy atom. The van der Waals surface area contributed by atoms with Gasteiger partial charge >= 0.3 is 0 Å². The van der Waals surface area contributed by atoms with E-state index in [-0.39, 0.29) is 23.4 Å². The lowest BCUT2D eigenvalue weighted by atomic mass is 9.96. The van der Waals surface area contributed by atoms with Crippen molar-refractivity contribution in [2.24, 2.45) is 5.92 Å². The van der Waals surface area contributed by atoms with Gasteiger partial charge < -0.3 is 24.4 Å². The van der Waals surface area contributed by atoms with Crippen molar-refractivity contribution in [1.29, 1.82) is 10.5 Å². The highest BCUT2D eigenvalue weighted by molar-refractivity contribution is 5.79. The molecule has 1 fully saturated rings. The van der Waals surface area contributed by atoms with Crippen LogP contribution >= 0.6 is 0 Å². The molecule has 3 aromatic heterocycles. The van der Waals surface area contributed by atoms with E-state index < -0.39 is 0 Å². The topological polar surface area (TPSA) is 144 Å². The number of nitriles is 2. The summed E-state index contributed by atoms with van der Waals surface area (Å²) < 4.78 is 11.1. The quantitative estimate of drug-likeness (QED) is 0.539. The van der Waals surface area contributed by atoms with Gasteiger partial charge in [-0.25, -0.2) is 4.98 Å². The summed E-state index contributed by atoms with van der Waals surface area (Å²) in [6, 6.07) is 11.0. The molecule has 1 aliphatic heterocycles. The van der Waals surface area contributed by atoms with Gasteiger partial charge in [0.15, 0.2) is 5.76 Å². The number of oxazole rings is 1. The standard InChI is InChI=1S/C22H21N7O3/c23-13-16-3-1-7-25-19(16)26-8-9-27-20(30)15-5-10-29(11-6-15)22-17(14-24)28-21(32-22)18-4-2-12-31-18/h1-4,7,12,15H,5-6,8-11H2,(H,25,26)(H,27,30). The number of nitrogens with zero attached hydrogens (tertiary/aromatic N) is 5. The van der Waals surface area contributed by atoms with Crippen LogP contribution in [0.25, 0.3) is 11.7 Å². The van der Waals surface area contributed by atoms with Crippen LogP contribution in [0, 0.1) is 28.6 Å². The van der Waals surface area contributed by atoms with E-state index in [4.69, 9.17) is 14.1 Å². The van der Waals surface area contributed by atoms with Gasteiger partial charge in [0.2, 0.25) is 17.5 Å². The first-order chi connectivity index (χ1) is 15.7. The summed E-state index contributed by atoms with van der Waals surface area (Å²) in [6.45, 7) is 2.05. The Morgan fingerprint density at radius 3 is 2.75 bits per heavy atom. The van der Waals surface area contributed by atoms with Crippen LogP contribution in [0.3, 0.4) is 0 Å². The van der Waals surface area contributed by atoms with Gasteiger partial charge in [0.1, 0.15) is 18.0 Å². The smallest absolute Gasteiger partial charge is 0.266 e. The van der Waals surface area contributed by atoms with Crippen molar-refractivity contribution in [2.75, 3.05) is 36.4 Å². The van der Waals surface area contributed by atoms with Gasteiger partial charge in [-0.3, -0.25) is 4.79 Å². The number of pyridine rings is 1. The number of aromatic nitrogens is 2. The van der Waals surface area contributed by atoms with Crippen molar-refractivity contribution >= 4 is 17.6 Å². The number of piperidine rings is 1. The van der Waals surface area contributed by atoms with Crippen LogP contribution < -0.4 is 15.5 Å². The maximum absolute atomic E-state index is 12.5. The molecular formula is C22H21N7O3. The molecule has 0 radical (unpaired) electrons. The summed E-state index contributed by atoms with van der Waals surface area (Å²) in [5.74, 6) is 1.51. The third-order valence-corrected chi connectivity index (χ3v) is 5.24. The second-order valence-corrected chi connectivity index (χ2v) is 7.25. The predicted molar refractivity (Wildman–Crippen MR) is 114 cm³/mol. The molecule has 10 nitrogen and oxygen atoms in total. The highest BCUT2D eigenvalue weighted by Gasteiger charge is 2.29. The molecule has 2 N–H and O–H groups in total. The average molecular weight is 431 g/mol. The Kier molecular flexibility index (Phi) is 6.33. The number of furan rings is 1. The molecule has 0 unspecified atom stereocenters. The van der Waals surface area contributed by atoms with Crippen LogP contribution in [0.4, 0.5) is 11.7 Å². The Hall–Kier alpha value is -4.31. The van der Waals surface area contributed by atoms with Gasteiger partial charge in [0, 0.05) is 38.3 Å².